The van der Waals surface area contributed by atoms with E-state index >= 15 is 0 Å². The molecule has 0 aromatic carbocycles. The Morgan fingerprint density at radius 1 is 0.292 bits per heavy atom. The van der Waals surface area contributed by atoms with Crippen molar-refractivity contribution in [2.75, 3.05) is 39.6 Å². The summed E-state index contributed by atoms with van der Waals surface area (Å²) in [6.07, 6.45) is 70.0. The molecule has 0 aliphatic carbocycles. The zero-order chi connectivity index (χ0) is 70.4. The Hall–Kier alpha value is -3.76. The average Bonchev–Trinajstić information content (AvgIpc) is 1.15. The molecule has 0 saturated carbocycles. The van der Waals surface area contributed by atoms with Crippen molar-refractivity contribution in [3.63, 3.8) is 0 Å². The van der Waals surface area contributed by atoms with Crippen LogP contribution < -0.4 is 0 Å². The summed E-state index contributed by atoms with van der Waals surface area (Å²) in [4.78, 5) is 72.8. The van der Waals surface area contributed by atoms with Gasteiger partial charge in [0.1, 0.15) is 19.3 Å². The standard InChI is InChI=1S/C77H136O17P2/c1-5-9-13-17-21-25-29-33-35-39-41-45-49-53-57-61-74(79)87-67-72(93-76(81)63-59-55-51-47-43-37-31-27-23-19-15-11-7-3)69-91-95(83,84)89-65-71(78)66-90-96(85,86)92-70-73(94-77(82)64-60-56-52-48-44-38-32-28-24-20-16-12-8-4)68-88-75(80)62-58-54-50-46-42-40-36-34-30-26-22-18-14-10-6-2/h15,19,21-22,25-28,31-36,71-73,78H,5-14,16-18,20,23-24,29-30,37-70H2,1-4H3,(H,83,84)(H,85,86)/b19-15-,25-21-,26-22-,31-27-,32-28-,35-33-,36-34-. The van der Waals surface area contributed by atoms with Gasteiger partial charge in [-0.15, -0.1) is 0 Å². The second kappa shape index (κ2) is 69.7. The lowest BCUT2D eigenvalue weighted by Gasteiger charge is -2.21. The van der Waals surface area contributed by atoms with Crippen molar-refractivity contribution in [3.8, 4) is 0 Å². The summed E-state index contributed by atoms with van der Waals surface area (Å²) >= 11 is 0. The van der Waals surface area contributed by atoms with Gasteiger partial charge in [0.2, 0.25) is 0 Å². The number of ether oxygens (including phenoxy) is 4. The zero-order valence-electron chi connectivity index (χ0n) is 60.5. The highest BCUT2D eigenvalue weighted by Gasteiger charge is 2.30. The number of hydrogen-bond acceptors (Lipinski definition) is 15. The molecule has 0 radical (unpaired) electrons. The SMILES string of the molecule is CCC/C=C\C/C=C\CCCCCCCC(=O)OC(COC(=O)CCCCCCC/C=C\C/C=C\CCCCC)COP(=O)(O)OCC(O)COP(=O)(O)OCC(COC(=O)CCCCCCC/C=C\C/C=C\CCCCC)OC(=O)CCCCCCC/C=C\CCCCCC. The Labute approximate surface area is 583 Å². The Morgan fingerprint density at radius 3 is 0.844 bits per heavy atom. The minimum absolute atomic E-state index is 0.0763. The molecule has 0 rings (SSSR count). The number of carbonyl (C=O) groups is 4. The first-order valence-electron chi connectivity index (χ1n) is 37.8. The molecule has 0 bridgehead atoms. The van der Waals surface area contributed by atoms with Crippen molar-refractivity contribution in [1.82, 2.24) is 0 Å². The molecule has 5 unspecified atom stereocenters. The monoisotopic (exact) mass is 1390 g/mol. The fraction of sp³-hybridized carbons (Fsp3) is 0.766. The van der Waals surface area contributed by atoms with Gasteiger partial charge in [0, 0.05) is 25.7 Å². The van der Waals surface area contributed by atoms with Gasteiger partial charge in [-0.2, -0.15) is 0 Å². The van der Waals surface area contributed by atoms with E-state index in [4.69, 9.17) is 37.0 Å². The molecule has 0 fully saturated rings. The molecule has 0 saturated heterocycles. The van der Waals surface area contributed by atoms with Crippen molar-refractivity contribution >= 4 is 39.5 Å². The molecule has 0 amide bonds. The number of hydrogen-bond donors (Lipinski definition) is 3. The van der Waals surface area contributed by atoms with Crippen LogP contribution in [0.5, 0.6) is 0 Å². The van der Waals surface area contributed by atoms with Crippen molar-refractivity contribution < 1.29 is 80.2 Å². The molecule has 19 heteroatoms. The van der Waals surface area contributed by atoms with Crippen LogP contribution in [0.1, 0.15) is 323 Å². The summed E-state index contributed by atoms with van der Waals surface area (Å²) in [6, 6.07) is 0. The summed E-state index contributed by atoms with van der Waals surface area (Å²) in [7, 11) is -9.95. The second-order valence-corrected chi connectivity index (χ2v) is 28.1. The van der Waals surface area contributed by atoms with Gasteiger partial charge in [0.15, 0.2) is 12.2 Å². The molecular formula is C77H136O17P2. The van der Waals surface area contributed by atoms with Crippen LogP contribution >= 0.6 is 15.6 Å². The van der Waals surface area contributed by atoms with E-state index in [0.717, 1.165) is 180 Å². The Bertz CT molecular complexity index is 2160. The minimum Gasteiger partial charge on any atom is -0.462 e. The number of aliphatic hydroxyl groups is 1. The van der Waals surface area contributed by atoms with E-state index in [1.807, 2.05) is 0 Å². The number of rotatable bonds is 71. The molecule has 0 heterocycles. The minimum atomic E-state index is -4.98. The predicted octanol–water partition coefficient (Wildman–Crippen LogP) is 21.4. The van der Waals surface area contributed by atoms with Crippen LogP contribution in [0.2, 0.25) is 0 Å². The van der Waals surface area contributed by atoms with E-state index in [0.29, 0.717) is 25.7 Å². The van der Waals surface area contributed by atoms with Gasteiger partial charge >= 0.3 is 39.5 Å². The van der Waals surface area contributed by atoms with Crippen LogP contribution in [0.25, 0.3) is 0 Å². The number of unbranched alkanes of at least 4 members (excludes halogenated alkanes) is 31. The van der Waals surface area contributed by atoms with Gasteiger partial charge in [0.05, 0.1) is 26.4 Å². The Balaban J connectivity index is 5.36. The van der Waals surface area contributed by atoms with Crippen LogP contribution in [0.4, 0.5) is 0 Å². The first-order chi connectivity index (χ1) is 46.7. The lowest BCUT2D eigenvalue weighted by molar-refractivity contribution is -0.161. The average molecular weight is 1400 g/mol. The normalized spacial score (nSPS) is 14.4. The fourth-order valence-electron chi connectivity index (χ4n) is 9.96. The third kappa shape index (κ3) is 68.8. The van der Waals surface area contributed by atoms with Crippen molar-refractivity contribution in [1.29, 1.82) is 0 Å². The smallest absolute Gasteiger partial charge is 0.462 e. The number of phosphoric acid groups is 2. The van der Waals surface area contributed by atoms with E-state index in [2.05, 4.69) is 113 Å². The van der Waals surface area contributed by atoms with Gasteiger partial charge in [-0.25, -0.2) is 9.13 Å². The molecule has 0 aromatic rings. The zero-order valence-corrected chi connectivity index (χ0v) is 62.3. The van der Waals surface area contributed by atoms with Crippen LogP contribution in [-0.2, 0) is 65.4 Å². The number of aliphatic hydroxyl groups excluding tert-OH is 1. The van der Waals surface area contributed by atoms with Gasteiger partial charge < -0.3 is 33.8 Å². The highest BCUT2D eigenvalue weighted by atomic mass is 31.2. The predicted molar refractivity (Wildman–Crippen MR) is 390 cm³/mol. The maximum atomic E-state index is 13.1. The molecule has 0 aliphatic heterocycles. The van der Waals surface area contributed by atoms with Gasteiger partial charge in [-0.3, -0.25) is 37.3 Å². The van der Waals surface area contributed by atoms with Crippen molar-refractivity contribution in [2.45, 2.75) is 341 Å². The molecule has 3 N–H and O–H groups in total. The maximum Gasteiger partial charge on any atom is 0.472 e. The summed E-state index contributed by atoms with van der Waals surface area (Å²) in [6.45, 7) is 4.70. The van der Waals surface area contributed by atoms with Crippen LogP contribution in [0.15, 0.2) is 85.1 Å². The molecule has 5 atom stereocenters. The molecule has 0 aliphatic rings. The van der Waals surface area contributed by atoms with Crippen molar-refractivity contribution in [2.24, 2.45) is 0 Å². The third-order valence-corrected chi connectivity index (χ3v) is 17.7. The van der Waals surface area contributed by atoms with E-state index in [1.54, 1.807) is 0 Å². The van der Waals surface area contributed by atoms with Crippen LogP contribution in [-0.4, -0.2) is 96.7 Å². The molecule has 0 aromatic heterocycles. The van der Waals surface area contributed by atoms with Gasteiger partial charge in [-0.1, -0.05) is 241 Å². The van der Waals surface area contributed by atoms with Crippen LogP contribution in [0, 0.1) is 0 Å². The van der Waals surface area contributed by atoms with E-state index in [9.17, 15) is 43.2 Å². The summed E-state index contributed by atoms with van der Waals surface area (Å²) in [5.41, 5.74) is 0. The highest BCUT2D eigenvalue weighted by molar-refractivity contribution is 7.47. The first kappa shape index (κ1) is 92.2. The third-order valence-electron chi connectivity index (χ3n) is 15.8. The summed E-state index contributed by atoms with van der Waals surface area (Å²) in [5.74, 6) is -2.22. The summed E-state index contributed by atoms with van der Waals surface area (Å²) < 4.78 is 68.4. The highest BCUT2D eigenvalue weighted by Crippen LogP contribution is 2.45. The van der Waals surface area contributed by atoms with Gasteiger partial charge in [-0.05, 0) is 141 Å². The van der Waals surface area contributed by atoms with Crippen molar-refractivity contribution in [3.05, 3.63) is 85.1 Å². The number of carbonyl (C=O) groups excluding carboxylic acids is 4. The Kier molecular flexibility index (Phi) is 67.0. The van der Waals surface area contributed by atoms with E-state index in [-0.39, 0.29) is 25.7 Å². The largest absolute Gasteiger partial charge is 0.472 e. The van der Waals surface area contributed by atoms with E-state index < -0.39 is 97.5 Å². The molecule has 0 spiro atoms. The lowest BCUT2D eigenvalue weighted by Crippen LogP contribution is -2.30. The van der Waals surface area contributed by atoms with Gasteiger partial charge in [0.25, 0.3) is 0 Å². The molecular weight excluding hydrogens is 1260 g/mol. The molecule has 96 heavy (non-hydrogen) atoms. The fourth-order valence-corrected chi connectivity index (χ4v) is 11.5. The van der Waals surface area contributed by atoms with E-state index in [1.165, 1.54) is 64.2 Å². The molecule has 17 nitrogen and oxygen atoms in total. The maximum absolute atomic E-state index is 13.1. The number of allylic oxidation sites excluding steroid dienone is 14. The Morgan fingerprint density at radius 2 is 0.531 bits per heavy atom. The first-order valence-corrected chi connectivity index (χ1v) is 40.8. The molecule has 556 valence electrons. The van der Waals surface area contributed by atoms with Crippen LogP contribution in [0.3, 0.4) is 0 Å². The lowest BCUT2D eigenvalue weighted by atomic mass is 10.1. The number of esters is 4. The topological polar surface area (TPSA) is 237 Å². The quantitative estimate of drug-likeness (QED) is 0.0169. The number of phosphoric ester groups is 2. The second-order valence-electron chi connectivity index (χ2n) is 25.2. The summed E-state index contributed by atoms with van der Waals surface area (Å²) in [5, 5.41) is 10.6.